The number of anilines is 1. The fourth-order valence-corrected chi connectivity index (χ4v) is 6.14. The van der Waals surface area contributed by atoms with Gasteiger partial charge in [-0.25, -0.2) is 0 Å². The van der Waals surface area contributed by atoms with Crippen LogP contribution in [0.15, 0.2) is 131 Å². The summed E-state index contributed by atoms with van der Waals surface area (Å²) >= 11 is 0. The highest BCUT2D eigenvalue weighted by Crippen LogP contribution is 2.44. The predicted octanol–water partition coefficient (Wildman–Crippen LogP) is 4.95. The van der Waals surface area contributed by atoms with Gasteiger partial charge in [0.05, 0.1) is 7.11 Å². The highest BCUT2D eigenvalue weighted by atomic mass is 16.7. The monoisotopic (exact) mass is 749 g/mol. The van der Waals surface area contributed by atoms with Gasteiger partial charge in [-0.1, -0.05) is 66.7 Å². The van der Waals surface area contributed by atoms with Crippen LogP contribution in [-0.4, -0.2) is 69.6 Å². The first-order valence-electron chi connectivity index (χ1n) is 17.4. The molecule has 5 aromatic carbocycles. The molecule has 2 heterocycles. The number of aliphatic hydroxyl groups is 4. The fourth-order valence-electron chi connectivity index (χ4n) is 6.14. The fraction of sp³-hybridized carbons (Fsp3) is 0.214. The Balaban J connectivity index is 1.20. The van der Waals surface area contributed by atoms with Gasteiger partial charge >= 0.3 is 0 Å². The van der Waals surface area contributed by atoms with Gasteiger partial charge in [-0.05, 0) is 47.5 Å². The van der Waals surface area contributed by atoms with Gasteiger partial charge in [0.2, 0.25) is 12.0 Å². The Hall–Kier alpha value is -6.09. The number of ether oxygens (including phenoxy) is 5. The van der Waals surface area contributed by atoms with Crippen molar-refractivity contribution in [1.82, 2.24) is 0 Å². The molecule has 1 aliphatic heterocycles. The van der Waals surface area contributed by atoms with Crippen LogP contribution in [0.3, 0.4) is 0 Å². The second kappa shape index (κ2) is 16.5. The van der Waals surface area contributed by atoms with E-state index in [4.69, 9.17) is 28.1 Å². The highest BCUT2D eigenvalue weighted by Gasteiger charge is 2.48. The molecule has 1 aliphatic rings. The van der Waals surface area contributed by atoms with E-state index in [-0.39, 0.29) is 34.8 Å². The summed E-state index contributed by atoms with van der Waals surface area (Å²) in [5, 5.41) is 57.9. The number of rotatable bonds is 13. The molecule has 1 aromatic heterocycles. The zero-order chi connectivity index (χ0) is 38.5. The molecule has 7 rings (SSSR count). The lowest BCUT2D eigenvalue weighted by molar-refractivity contribution is -0.285. The summed E-state index contributed by atoms with van der Waals surface area (Å²) in [4.78, 5) is 13.6. The standard InChI is InChI=1S/C42H39NO12/c1-50-29-14-8-13-27(19-29)43-41(49)40-37(47)36(46)38(48)42(55-40)54-33-21-32-34(35(45)39(33)52-23-25-11-6-3-7-12-25)30(44)20-31(53-32)26-15-17-28(18-16-26)51-22-24-9-4-2-5-10-24/h2-21,36-38,40-43,45-49H,22-23H2,1H3. The third kappa shape index (κ3) is 8.36. The molecule has 6 atom stereocenters. The third-order valence-electron chi connectivity index (χ3n) is 9.07. The van der Waals surface area contributed by atoms with E-state index < -0.39 is 48.1 Å². The summed E-state index contributed by atoms with van der Waals surface area (Å²) < 4.78 is 35.2. The molecular weight excluding hydrogens is 710 g/mol. The van der Waals surface area contributed by atoms with Crippen LogP contribution in [0.4, 0.5) is 5.69 Å². The van der Waals surface area contributed by atoms with Crippen molar-refractivity contribution in [3.8, 4) is 40.1 Å². The van der Waals surface area contributed by atoms with Crippen LogP contribution in [-0.2, 0) is 18.0 Å². The van der Waals surface area contributed by atoms with Crippen LogP contribution >= 0.6 is 0 Å². The molecule has 0 aliphatic carbocycles. The number of aliphatic hydroxyl groups excluding tert-OH is 4. The number of benzene rings is 5. The van der Waals surface area contributed by atoms with Gasteiger partial charge in [0, 0.05) is 29.4 Å². The number of phenols is 1. The highest BCUT2D eigenvalue weighted by molar-refractivity contribution is 5.89. The molecule has 0 radical (unpaired) electrons. The molecule has 0 amide bonds. The van der Waals surface area contributed by atoms with Crippen molar-refractivity contribution in [2.45, 2.75) is 50.1 Å². The normalized spacial score (nSPS) is 20.1. The van der Waals surface area contributed by atoms with Crippen LogP contribution < -0.4 is 29.7 Å². The minimum absolute atomic E-state index is 0.0560. The first-order valence-corrected chi connectivity index (χ1v) is 17.4. The second-order valence-corrected chi connectivity index (χ2v) is 12.9. The number of nitrogens with one attached hydrogen (secondary N) is 1. The quantitative estimate of drug-likeness (QED) is 0.0872. The SMILES string of the molecule is COc1cccc(NC(O)C2OC(Oc3cc4oc(-c5ccc(OCc6ccccc6)cc5)cc(=O)c4c(O)c3OCc3ccccc3)C(O)C(O)C2O)c1. The maximum atomic E-state index is 13.6. The molecular formula is C42H39NO12. The van der Waals surface area contributed by atoms with Crippen LogP contribution in [0.25, 0.3) is 22.3 Å². The maximum Gasteiger partial charge on any atom is 0.229 e. The predicted molar refractivity (Wildman–Crippen MR) is 201 cm³/mol. The summed E-state index contributed by atoms with van der Waals surface area (Å²) in [6.45, 7) is 0.315. The smallest absolute Gasteiger partial charge is 0.229 e. The van der Waals surface area contributed by atoms with E-state index in [1.165, 1.54) is 19.2 Å². The average molecular weight is 750 g/mol. The van der Waals surface area contributed by atoms with E-state index in [1.54, 1.807) is 72.8 Å². The van der Waals surface area contributed by atoms with E-state index in [0.717, 1.165) is 11.1 Å². The number of phenolic OH excluding ortho intramolecular Hbond substituents is 1. The lowest BCUT2D eigenvalue weighted by atomic mass is 9.97. The topological polar surface area (TPSA) is 190 Å². The lowest BCUT2D eigenvalue weighted by Crippen LogP contribution is -2.63. The van der Waals surface area contributed by atoms with Gasteiger partial charge in [-0.2, -0.15) is 0 Å². The van der Waals surface area contributed by atoms with E-state index in [1.807, 2.05) is 36.4 Å². The van der Waals surface area contributed by atoms with Crippen molar-refractivity contribution in [2.75, 3.05) is 12.4 Å². The summed E-state index contributed by atoms with van der Waals surface area (Å²) in [5.74, 6) is 0.166. The van der Waals surface area contributed by atoms with Crippen molar-refractivity contribution < 1.29 is 53.6 Å². The molecule has 0 spiro atoms. The van der Waals surface area contributed by atoms with E-state index in [9.17, 15) is 30.3 Å². The van der Waals surface area contributed by atoms with Crippen molar-refractivity contribution in [3.05, 3.63) is 143 Å². The number of fused-ring (bicyclic) bond motifs is 1. The Morgan fingerprint density at radius 1 is 0.745 bits per heavy atom. The number of methoxy groups -OCH3 is 1. The van der Waals surface area contributed by atoms with Crippen LogP contribution in [0.5, 0.6) is 28.7 Å². The summed E-state index contributed by atoms with van der Waals surface area (Å²) in [6.07, 6.45) is -10.3. The van der Waals surface area contributed by atoms with Gasteiger partial charge in [0.15, 0.2) is 23.2 Å². The van der Waals surface area contributed by atoms with Crippen molar-refractivity contribution in [2.24, 2.45) is 0 Å². The molecule has 1 saturated heterocycles. The second-order valence-electron chi connectivity index (χ2n) is 12.9. The van der Waals surface area contributed by atoms with E-state index >= 15 is 0 Å². The van der Waals surface area contributed by atoms with E-state index in [0.29, 0.717) is 29.4 Å². The minimum Gasteiger partial charge on any atom is -0.504 e. The summed E-state index contributed by atoms with van der Waals surface area (Å²) in [7, 11) is 1.48. The summed E-state index contributed by atoms with van der Waals surface area (Å²) in [5.41, 5.74) is 2.02. The molecule has 6 aromatic rings. The molecule has 13 nitrogen and oxygen atoms in total. The molecule has 0 saturated carbocycles. The molecule has 284 valence electrons. The van der Waals surface area contributed by atoms with Gasteiger partial charge in [0.25, 0.3) is 0 Å². The Kier molecular flexibility index (Phi) is 11.2. The zero-order valence-corrected chi connectivity index (χ0v) is 29.5. The van der Waals surface area contributed by atoms with Crippen molar-refractivity contribution >= 4 is 16.7 Å². The van der Waals surface area contributed by atoms with E-state index in [2.05, 4.69) is 5.32 Å². The Bertz CT molecular complexity index is 2270. The van der Waals surface area contributed by atoms with Crippen LogP contribution in [0.1, 0.15) is 11.1 Å². The Labute approximate surface area is 315 Å². The molecule has 13 heteroatoms. The minimum atomic E-state index is -1.84. The molecule has 1 fully saturated rings. The van der Waals surface area contributed by atoms with Gasteiger partial charge in [-0.3, -0.25) is 4.79 Å². The van der Waals surface area contributed by atoms with Crippen molar-refractivity contribution in [3.63, 3.8) is 0 Å². The third-order valence-corrected chi connectivity index (χ3v) is 9.07. The molecule has 6 unspecified atom stereocenters. The Morgan fingerprint density at radius 3 is 2.09 bits per heavy atom. The summed E-state index contributed by atoms with van der Waals surface area (Å²) in [6, 6.07) is 34.8. The lowest BCUT2D eigenvalue weighted by Gasteiger charge is -2.42. The maximum absolute atomic E-state index is 13.6. The molecule has 0 bridgehead atoms. The zero-order valence-electron chi connectivity index (χ0n) is 29.5. The first kappa shape index (κ1) is 37.2. The van der Waals surface area contributed by atoms with Gasteiger partial charge in [-0.15, -0.1) is 0 Å². The largest absolute Gasteiger partial charge is 0.504 e. The van der Waals surface area contributed by atoms with Gasteiger partial charge < -0.3 is 59.0 Å². The number of aromatic hydroxyl groups is 1. The molecule has 55 heavy (non-hydrogen) atoms. The van der Waals surface area contributed by atoms with Crippen LogP contribution in [0, 0.1) is 0 Å². The first-order chi connectivity index (χ1) is 26.7. The molecule has 6 N–H and O–H groups in total. The van der Waals surface area contributed by atoms with Gasteiger partial charge in [0.1, 0.15) is 65.9 Å². The van der Waals surface area contributed by atoms with Crippen molar-refractivity contribution in [1.29, 1.82) is 0 Å². The van der Waals surface area contributed by atoms with Crippen LogP contribution in [0.2, 0.25) is 0 Å². The Morgan fingerprint density at radius 2 is 1.42 bits per heavy atom. The number of hydrogen-bond acceptors (Lipinski definition) is 13. The average Bonchev–Trinajstić information content (AvgIpc) is 3.20. The number of hydrogen-bond donors (Lipinski definition) is 6.